The van der Waals surface area contributed by atoms with Crippen LogP contribution in [0.5, 0.6) is 23.0 Å². The maximum atomic E-state index is 13.4. The van der Waals surface area contributed by atoms with Crippen LogP contribution >= 0.6 is 0 Å². The Morgan fingerprint density at radius 1 is 0.721 bits per heavy atom. The van der Waals surface area contributed by atoms with Crippen molar-refractivity contribution in [3.05, 3.63) is 81.4 Å². The minimum absolute atomic E-state index is 0.0812. The van der Waals surface area contributed by atoms with E-state index in [4.69, 9.17) is 28.4 Å². The zero-order chi connectivity index (χ0) is 31.1. The van der Waals surface area contributed by atoms with E-state index in [2.05, 4.69) is 0 Å². The Morgan fingerprint density at radius 3 is 1.77 bits per heavy atom. The van der Waals surface area contributed by atoms with Gasteiger partial charge in [-0.05, 0) is 54.3 Å². The number of rotatable bonds is 7. The third-order valence-corrected chi connectivity index (χ3v) is 7.13. The normalized spacial score (nSPS) is 13.6. The molecule has 3 aromatic rings. The van der Waals surface area contributed by atoms with Crippen LogP contribution in [-0.4, -0.2) is 36.6 Å². The number of carbonyl (C=O) groups is 5. The molecule has 3 aromatic carbocycles. The van der Waals surface area contributed by atoms with Gasteiger partial charge in [0.25, 0.3) is 0 Å². The van der Waals surface area contributed by atoms with Gasteiger partial charge in [0.1, 0.15) is 23.0 Å². The van der Waals surface area contributed by atoms with Gasteiger partial charge in [0.05, 0.1) is 11.1 Å². The van der Waals surface area contributed by atoms with Crippen LogP contribution in [-0.2, 0) is 47.0 Å². The van der Waals surface area contributed by atoms with Crippen molar-refractivity contribution >= 4 is 29.8 Å². The Labute approximate surface area is 246 Å². The van der Waals surface area contributed by atoms with Crippen molar-refractivity contribution in [3.8, 4) is 23.0 Å². The molecule has 2 aliphatic heterocycles. The lowest BCUT2D eigenvalue weighted by Crippen LogP contribution is -2.33. The quantitative estimate of drug-likeness (QED) is 0.211. The number of hydrogen-bond donors (Lipinski definition) is 0. The second kappa shape index (κ2) is 11.2. The van der Waals surface area contributed by atoms with Gasteiger partial charge in [-0.15, -0.1) is 0 Å². The van der Waals surface area contributed by atoms with Crippen molar-refractivity contribution in [2.45, 2.75) is 53.1 Å². The SMILES string of the molecule is CCc1cc2c(cc1OC(C)=O)Oc1cc(OC(C)=O)c(CC)cc1C21OC(=O)c2ccc(C(=O)OCOC(C)=O)cc21. The van der Waals surface area contributed by atoms with Gasteiger partial charge in [-0.3, -0.25) is 14.4 Å². The molecule has 5 rings (SSSR count). The third-order valence-electron chi connectivity index (χ3n) is 7.13. The van der Waals surface area contributed by atoms with Gasteiger partial charge in [0, 0.05) is 49.6 Å². The maximum absolute atomic E-state index is 13.4. The lowest BCUT2D eigenvalue weighted by molar-refractivity contribution is -0.149. The minimum Gasteiger partial charge on any atom is -0.456 e. The summed E-state index contributed by atoms with van der Waals surface area (Å²) in [5, 5.41) is 0. The fourth-order valence-corrected chi connectivity index (χ4v) is 5.29. The van der Waals surface area contributed by atoms with Crippen LogP contribution in [0.2, 0.25) is 0 Å². The van der Waals surface area contributed by atoms with Gasteiger partial charge < -0.3 is 28.4 Å². The van der Waals surface area contributed by atoms with Crippen molar-refractivity contribution in [2.24, 2.45) is 0 Å². The van der Waals surface area contributed by atoms with E-state index in [1.54, 1.807) is 24.3 Å². The summed E-state index contributed by atoms with van der Waals surface area (Å²) >= 11 is 0. The highest BCUT2D eigenvalue weighted by molar-refractivity contribution is 5.99. The van der Waals surface area contributed by atoms with E-state index in [0.717, 1.165) is 0 Å². The summed E-state index contributed by atoms with van der Waals surface area (Å²) in [7, 11) is 0. The predicted molar refractivity (Wildman–Crippen MR) is 148 cm³/mol. The zero-order valence-electron chi connectivity index (χ0n) is 24.2. The predicted octanol–water partition coefficient (Wildman–Crippen LogP) is 4.91. The lowest BCUT2D eigenvalue weighted by Gasteiger charge is -2.37. The molecule has 2 aliphatic rings. The molecule has 0 unspecified atom stereocenters. The van der Waals surface area contributed by atoms with Crippen LogP contribution in [0.3, 0.4) is 0 Å². The van der Waals surface area contributed by atoms with E-state index in [1.807, 2.05) is 13.8 Å². The van der Waals surface area contributed by atoms with Gasteiger partial charge in [0.15, 0.2) is 5.60 Å². The van der Waals surface area contributed by atoms with Crippen LogP contribution in [0, 0.1) is 0 Å². The summed E-state index contributed by atoms with van der Waals surface area (Å²) in [5.41, 5.74) is 1.20. The molecule has 2 heterocycles. The Kier molecular flexibility index (Phi) is 7.66. The fourth-order valence-electron chi connectivity index (χ4n) is 5.29. The summed E-state index contributed by atoms with van der Waals surface area (Å²) in [4.78, 5) is 61.2. The molecular weight excluding hydrogens is 560 g/mol. The maximum Gasteiger partial charge on any atom is 0.341 e. The van der Waals surface area contributed by atoms with Crippen molar-refractivity contribution < 1.29 is 52.4 Å². The third kappa shape index (κ3) is 5.18. The highest BCUT2D eigenvalue weighted by Crippen LogP contribution is 2.58. The largest absolute Gasteiger partial charge is 0.456 e. The molecule has 11 heteroatoms. The average Bonchev–Trinajstić information content (AvgIpc) is 3.23. The number of fused-ring (bicyclic) bond motifs is 6. The number of hydrogen-bond acceptors (Lipinski definition) is 11. The first kappa shape index (κ1) is 29.3. The topological polar surface area (TPSA) is 141 Å². The molecule has 222 valence electrons. The highest BCUT2D eigenvalue weighted by atomic mass is 16.7. The molecule has 0 fully saturated rings. The average molecular weight is 589 g/mol. The Bertz CT molecular complexity index is 1630. The van der Waals surface area contributed by atoms with Crippen LogP contribution in [0.1, 0.15) is 83.2 Å². The van der Waals surface area contributed by atoms with Crippen molar-refractivity contribution in [3.63, 3.8) is 0 Å². The van der Waals surface area contributed by atoms with E-state index in [-0.39, 0.29) is 34.1 Å². The van der Waals surface area contributed by atoms with Crippen molar-refractivity contribution in [2.75, 3.05) is 6.79 Å². The summed E-state index contributed by atoms with van der Waals surface area (Å²) in [6, 6.07) is 11.0. The smallest absolute Gasteiger partial charge is 0.341 e. The molecule has 0 bridgehead atoms. The molecule has 0 aromatic heterocycles. The molecule has 11 nitrogen and oxygen atoms in total. The van der Waals surface area contributed by atoms with Gasteiger partial charge in [-0.2, -0.15) is 0 Å². The highest BCUT2D eigenvalue weighted by Gasteiger charge is 2.54. The minimum atomic E-state index is -1.60. The lowest BCUT2D eigenvalue weighted by atomic mass is 9.76. The molecule has 0 amide bonds. The van der Waals surface area contributed by atoms with Crippen LogP contribution in [0.15, 0.2) is 42.5 Å². The van der Waals surface area contributed by atoms with Crippen LogP contribution in [0.25, 0.3) is 0 Å². The molecule has 0 saturated carbocycles. The van der Waals surface area contributed by atoms with Crippen LogP contribution < -0.4 is 14.2 Å². The summed E-state index contributed by atoms with van der Waals surface area (Å²) < 4.78 is 33.3. The molecule has 0 N–H and O–H groups in total. The van der Waals surface area contributed by atoms with Crippen LogP contribution in [0.4, 0.5) is 0 Å². The van der Waals surface area contributed by atoms with Gasteiger partial charge in [-0.25, -0.2) is 9.59 Å². The van der Waals surface area contributed by atoms with Gasteiger partial charge in [0.2, 0.25) is 6.79 Å². The number of aryl methyl sites for hydroxylation is 2. The molecular formula is C32H28O11. The second-order valence-corrected chi connectivity index (χ2v) is 9.93. The monoisotopic (exact) mass is 588 g/mol. The Hall–Kier alpha value is -5.19. The summed E-state index contributed by atoms with van der Waals surface area (Å²) in [6.45, 7) is 6.93. The first-order valence-corrected chi connectivity index (χ1v) is 13.6. The van der Waals surface area contributed by atoms with E-state index in [0.29, 0.717) is 40.7 Å². The molecule has 0 aliphatic carbocycles. The van der Waals surface area contributed by atoms with E-state index in [9.17, 15) is 24.0 Å². The molecule has 0 saturated heterocycles. The van der Waals surface area contributed by atoms with Gasteiger partial charge >= 0.3 is 29.8 Å². The van der Waals surface area contributed by atoms with E-state index in [1.165, 1.54) is 39.0 Å². The molecule has 0 atom stereocenters. The number of esters is 5. The first-order valence-electron chi connectivity index (χ1n) is 13.6. The number of carbonyl (C=O) groups excluding carboxylic acids is 5. The molecule has 0 radical (unpaired) electrons. The Balaban J connectivity index is 1.78. The van der Waals surface area contributed by atoms with Crippen molar-refractivity contribution in [1.29, 1.82) is 0 Å². The number of ether oxygens (including phenoxy) is 6. The first-order chi connectivity index (χ1) is 20.5. The molecule has 1 spiro atoms. The van der Waals surface area contributed by atoms with Crippen molar-refractivity contribution in [1.82, 2.24) is 0 Å². The zero-order valence-corrected chi connectivity index (χ0v) is 24.2. The molecule has 43 heavy (non-hydrogen) atoms. The standard InChI is InChI=1S/C32H28O11/c1-6-19-10-24-28(13-26(19)40-17(4)34)42-29-14-27(41-18(5)35)20(7-2)11-25(29)32(24)23-12-21(8-9-22(23)31(37)43-32)30(36)39-15-38-16(3)33/h8-14H,6-7,15H2,1-5H3. The second-order valence-electron chi connectivity index (χ2n) is 9.93. The fraction of sp³-hybridized carbons (Fsp3) is 0.281. The Morgan fingerprint density at radius 2 is 1.28 bits per heavy atom. The van der Waals surface area contributed by atoms with E-state index >= 15 is 0 Å². The number of benzene rings is 3. The summed E-state index contributed by atoms with van der Waals surface area (Å²) in [6.07, 6.45) is 0.932. The summed E-state index contributed by atoms with van der Waals surface area (Å²) in [5.74, 6) is -2.11. The van der Waals surface area contributed by atoms with E-state index < -0.39 is 42.2 Å². The van der Waals surface area contributed by atoms with Gasteiger partial charge in [-0.1, -0.05) is 13.8 Å².